The molecule has 0 spiro atoms. The number of nitriles is 1. The summed E-state index contributed by atoms with van der Waals surface area (Å²) in [5.74, 6) is 1.42. The van der Waals surface area contributed by atoms with Crippen LogP contribution in [0.2, 0.25) is 0 Å². The Morgan fingerprint density at radius 3 is 3.00 bits per heavy atom. The molecule has 0 radical (unpaired) electrons. The zero-order chi connectivity index (χ0) is 10.8. The molecule has 1 heterocycles. The first-order valence-corrected chi connectivity index (χ1v) is 5.55. The van der Waals surface area contributed by atoms with Crippen molar-refractivity contribution in [3.63, 3.8) is 0 Å². The third-order valence-electron chi connectivity index (χ3n) is 3.38. The summed E-state index contributed by atoms with van der Waals surface area (Å²) in [5.41, 5.74) is 3.75. The molecule has 2 heteroatoms. The zero-order valence-corrected chi connectivity index (χ0v) is 9.33. The standard InChI is InChI=1S/C13H16N2/c1-9(2)11-7-12-10(3-5-14)4-6-15-13(12)8-11/h4,6,9,11H,3,7-8H2,1-2H3. The molecule has 0 aromatic carbocycles. The van der Waals surface area contributed by atoms with Crippen LogP contribution < -0.4 is 0 Å². The lowest BCUT2D eigenvalue weighted by molar-refractivity contribution is 0.402. The van der Waals surface area contributed by atoms with Crippen molar-refractivity contribution in [2.24, 2.45) is 11.8 Å². The van der Waals surface area contributed by atoms with Gasteiger partial charge in [0, 0.05) is 11.9 Å². The molecule has 1 aliphatic carbocycles. The highest BCUT2D eigenvalue weighted by Gasteiger charge is 2.26. The van der Waals surface area contributed by atoms with E-state index in [1.54, 1.807) is 0 Å². The lowest BCUT2D eigenvalue weighted by Gasteiger charge is -2.12. The predicted molar refractivity (Wildman–Crippen MR) is 59.3 cm³/mol. The van der Waals surface area contributed by atoms with Gasteiger partial charge in [-0.25, -0.2) is 0 Å². The Bertz CT molecular complexity index is 401. The van der Waals surface area contributed by atoms with E-state index in [1.807, 2.05) is 12.3 Å². The van der Waals surface area contributed by atoms with Gasteiger partial charge in [0.2, 0.25) is 0 Å². The minimum Gasteiger partial charge on any atom is -0.261 e. The number of hydrogen-bond acceptors (Lipinski definition) is 2. The van der Waals surface area contributed by atoms with E-state index < -0.39 is 0 Å². The van der Waals surface area contributed by atoms with Gasteiger partial charge >= 0.3 is 0 Å². The highest BCUT2D eigenvalue weighted by atomic mass is 14.7. The lowest BCUT2D eigenvalue weighted by Crippen LogP contribution is -2.07. The molecule has 0 fully saturated rings. The Labute approximate surface area is 91.0 Å². The smallest absolute Gasteiger partial charge is 0.0669 e. The topological polar surface area (TPSA) is 36.7 Å². The molecule has 15 heavy (non-hydrogen) atoms. The number of aromatic nitrogens is 1. The third-order valence-corrected chi connectivity index (χ3v) is 3.38. The van der Waals surface area contributed by atoms with Gasteiger partial charge in [-0.05, 0) is 41.9 Å². The molecule has 0 saturated heterocycles. The highest BCUT2D eigenvalue weighted by molar-refractivity contribution is 5.36. The molecule has 1 aromatic rings. The van der Waals surface area contributed by atoms with Gasteiger partial charge in [-0.3, -0.25) is 4.98 Å². The van der Waals surface area contributed by atoms with Crippen molar-refractivity contribution in [3.8, 4) is 6.07 Å². The maximum atomic E-state index is 8.76. The van der Waals surface area contributed by atoms with Crippen LogP contribution in [-0.4, -0.2) is 4.98 Å². The zero-order valence-electron chi connectivity index (χ0n) is 9.33. The summed E-state index contributed by atoms with van der Waals surface area (Å²) >= 11 is 0. The Kier molecular flexibility index (Phi) is 2.73. The average molecular weight is 200 g/mol. The molecule has 0 aliphatic heterocycles. The maximum Gasteiger partial charge on any atom is 0.0669 e. The van der Waals surface area contributed by atoms with Crippen molar-refractivity contribution >= 4 is 0 Å². The van der Waals surface area contributed by atoms with Gasteiger partial charge < -0.3 is 0 Å². The first-order chi connectivity index (χ1) is 7.22. The van der Waals surface area contributed by atoms with Crippen LogP contribution in [0, 0.1) is 23.2 Å². The quantitative estimate of drug-likeness (QED) is 0.735. The Hall–Kier alpha value is -1.36. The fraction of sp³-hybridized carbons (Fsp3) is 0.538. The minimum atomic E-state index is 0.523. The summed E-state index contributed by atoms with van der Waals surface area (Å²) in [7, 11) is 0. The van der Waals surface area contributed by atoms with Crippen LogP contribution in [0.3, 0.4) is 0 Å². The van der Waals surface area contributed by atoms with Crippen molar-refractivity contribution in [2.75, 3.05) is 0 Å². The molecule has 78 valence electrons. The fourth-order valence-corrected chi connectivity index (χ4v) is 2.31. The van der Waals surface area contributed by atoms with Gasteiger partial charge in [-0.1, -0.05) is 13.8 Å². The van der Waals surface area contributed by atoms with E-state index in [2.05, 4.69) is 24.9 Å². The summed E-state index contributed by atoms with van der Waals surface area (Å²) < 4.78 is 0. The molecular formula is C13H16N2. The molecule has 0 bridgehead atoms. The van der Waals surface area contributed by atoms with Gasteiger partial charge in [0.15, 0.2) is 0 Å². The van der Waals surface area contributed by atoms with Gasteiger partial charge in [0.1, 0.15) is 0 Å². The SMILES string of the molecule is CC(C)C1Cc2nccc(CC#N)c2C1. The molecule has 1 aromatic heterocycles. The molecule has 0 amide bonds. The van der Waals surface area contributed by atoms with Crippen molar-refractivity contribution in [1.82, 2.24) is 4.98 Å². The number of fused-ring (bicyclic) bond motifs is 1. The van der Waals surface area contributed by atoms with E-state index >= 15 is 0 Å². The summed E-state index contributed by atoms with van der Waals surface area (Å²) in [6.07, 6.45) is 4.56. The van der Waals surface area contributed by atoms with E-state index in [9.17, 15) is 0 Å². The Morgan fingerprint density at radius 2 is 2.33 bits per heavy atom. The van der Waals surface area contributed by atoms with Crippen LogP contribution in [0.5, 0.6) is 0 Å². The van der Waals surface area contributed by atoms with Crippen LogP contribution in [0.15, 0.2) is 12.3 Å². The van der Waals surface area contributed by atoms with Gasteiger partial charge in [-0.15, -0.1) is 0 Å². The second-order valence-corrected chi connectivity index (χ2v) is 4.64. The molecule has 1 aliphatic rings. The summed E-state index contributed by atoms with van der Waals surface area (Å²) in [5, 5.41) is 8.76. The normalized spacial score (nSPS) is 18.9. The van der Waals surface area contributed by atoms with E-state index in [-0.39, 0.29) is 0 Å². The van der Waals surface area contributed by atoms with Crippen LogP contribution in [0.1, 0.15) is 30.7 Å². The molecule has 2 rings (SSSR count). The van der Waals surface area contributed by atoms with E-state index in [1.165, 1.54) is 16.8 Å². The number of pyridine rings is 1. The molecule has 1 atom stereocenters. The van der Waals surface area contributed by atoms with Crippen molar-refractivity contribution in [2.45, 2.75) is 33.1 Å². The maximum absolute atomic E-state index is 8.76. The first kappa shape index (κ1) is 10.2. The first-order valence-electron chi connectivity index (χ1n) is 5.55. The van der Waals surface area contributed by atoms with Gasteiger partial charge in [0.05, 0.1) is 12.5 Å². The molecular weight excluding hydrogens is 184 g/mol. The second kappa shape index (κ2) is 4.02. The van der Waals surface area contributed by atoms with E-state index in [0.717, 1.165) is 12.8 Å². The van der Waals surface area contributed by atoms with E-state index in [4.69, 9.17) is 5.26 Å². The van der Waals surface area contributed by atoms with Crippen molar-refractivity contribution in [3.05, 3.63) is 29.1 Å². The van der Waals surface area contributed by atoms with Crippen molar-refractivity contribution in [1.29, 1.82) is 5.26 Å². The van der Waals surface area contributed by atoms with E-state index in [0.29, 0.717) is 18.3 Å². The van der Waals surface area contributed by atoms with Gasteiger partial charge in [-0.2, -0.15) is 5.26 Å². The third kappa shape index (κ3) is 1.87. The lowest BCUT2D eigenvalue weighted by atomic mass is 9.93. The van der Waals surface area contributed by atoms with Crippen LogP contribution >= 0.6 is 0 Å². The molecule has 2 nitrogen and oxygen atoms in total. The monoisotopic (exact) mass is 200 g/mol. The van der Waals surface area contributed by atoms with Crippen molar-refractivity contribution < 1.29 is 0 Å². The average Bonchev–Trinajstić information content (AvgIpc) is 2.63. The summed E-state index contributed by atoms with van der Waals surface area (Å²) in [6, 6.07) is 4.22. The summed E-state index contributed by atoms with van der Waals surface area (Å²) in [6.45, 7) is 4.53. The van der Waals surface area contributed by atoms with Crippen LogP contribution in [0.4, 0.5) is 0 Å². The predicted octanol–water partition coefficient (Wildman–Crippen LogP) is 2.52. The van der Waals surface area contributed by atoms with Crippen LogP contribution in [-0.2, 0) is 19.3 Å². The molecule has 0 saturated carbocycles. The highest BCUT2D eigenvalue weighted by Crippen LogP contribution is 2.32. The van der Waals surface area contributed by atoms with Gasteiger partial charge in [0.25, 0.3) is 0 Å². The number of nitrogens with zero attached hydrogens (tertiary/aromatic N) is 2. The number of rotatable bonds is 2. The molecule has 1 unspecified atom stereocenters. The largest absolute Gasteiger partial charge is 0.261 e. The number of hydrogen-bond donors (Lipinski definition) is 0. The summed E-state index contributed by atoms with van der Waals surface area (Å²) in [4.78, 5) is 4.43. The Balaban J connectivity index is 2.30. The Morgan fingerprint density at radius 1 is 1.53 bits per heavy atom. The molecule has 0 N–H and O–H groups in total. The second-order valence-electron chi connectivity index (χ2n) is 4.64. The fourth-order valence-electron chi connectivity index (χ4n) is 2.31. The minimum absolute atomic E-state index is 0.523. The van der Waals surface area contributed by atoms with Crippen LogP contribution in [0.25, 0.3) is 0 Å².